The molecule has 2 aromatic heterocycles. The molecule has 3 aromatic rings. The maximum atomic E-state index is 5.52. The summed E-state index contributed by atoms with van der Waals surface area (Å²) in [7, 11) is 0. The van der Waals surface area contributed by atoms with Crippen molar-refractivity contribution in [2.45, 2.75) is 25.8 Å². The van der Waals surface area contributed by atoms with E-state index in [-0.39, 0.29) is 12.4 Å². The van der Waals surface area contributed by atoms with E-state index in [1.54, 1.807) is 6.92 Å². The molecule has 132 valence electrons. The molecule has 3 aliphatic rings. The van der Waals surface area contributed by atoms with Gasteiger partial charge in [0.2, 0.25) is 11.8 Å². The molecule has 1 aromatic carbocycles. The largest absolute Gasteiger partial charge is 0.421 e. The highest BCUT2D eigenvalue weighted by Gasteiger charge is 2.34. The molecule has 3 fully saturated rings. The second-order valence-electron chi connectivity index (χ2n) is 6.76. The maximum absolute atomic E-state index is 5.52. The molecule has 0 aliphatic carbocycles. The molecule has 0 radical (unpaired) electrons. The Morgan fingerprint density at radius 3 is 2.72 bits per heavy atom. The first-order valence-corrected chi connectivity index (χ1v) is 8.45. The quantitative estimate of drug-likeness (QED) is 0.767. The molecule has 1 atom stereocenters. The number of hydrogen-bond acceptors (Lipinski definition) is 7. The highest BCUT2D eigenvalue weighted by atomic mass is 35.5. The Hall–Kier alpha value is -2.12. The van der Waals surface area contributed by atoms with Crippen molar-refractivity contribution in [3.63, 3.8) is 0 Å². The SMILES string of the molecule is Cc1nnc(-c2ccc3c(NC4CN5CCC4CC5)noc3c2)o1.Cl. The highest BCUT2D eigenvalue weighted by Crippen LogP contribution is 2.33. The van der Waals surface area contributed by atoms with Crippen molar-refractivity contribution in [1.82, 2.24) is 20.3 Å². The number of nitrogens with zero attached hydrogens (tertiary/aromatic N) is 4. The average Bonchev–Trinajstić information content (AvgIpc) is 3.22. The predicted molar refractivity (Wildman–Crippen MR) is 95.9 cm³/mol. The molecule has 2 bridgehead atoms. The summed E-state index contributed by atoms with van der Waals surface area (Å²) in [5, 5.41) is 16.8. The molecule has 1 N–H and O–H groups in total. The Morgan fingerprint density at radius 1 is 1.20 bits per heavy atom. The lowest BCUT2D eigenvalue weighted by atomic mass is 9.84. The van der Waals surface area contributed by atoms with Crippen molar-refractivity contribution < 1.29 is 8.94 Å². The second kappa shape index (κ2) is 6.31. The van der Waals surface area contributed by atoms with E-state index in [9.17, 15) is 0 Å². The molecule has 1 unspecified atom stereocenters. The van der Waals surface area contributed by atoms with Crippen LogP contribution in [0, 0.1) is 12.8 Å². The molecule has 0 spiro atoms. The smallest absolute Gasteiger partial charge is 0.247 e. The maximum Gasteiger partial charge on any atom is 0.247 e. The second-order valence-corrected chi connectivity index (χ2v) is 6.76. The highest BCUT2D eigenvalue weighted by molar-refractivity contribution is 5.90. The van der Waals surface area contributed by atoms with Crippen LogP contribution in [0.3, 0.4) is 0 Å². The zero-order valence-electron chi connectivity index (χ0n) is 13.9. The summed E-state index contributed by atoms with van der Waals surface area (Å²) >= 11 is 0. The Bertz CT molecular complexity index is 884. The van der Waals surface area contributed by atoms with E-state index in [1.807, 2.05) is 18.2 Å². The van der Waals surface area contributed by atoms with E-state index in [2.05, 4.69) is 25.6 Å². The predicted octanol–water partition coefficient (Wildman–Crippen LogP) is 3.11. The molecular weight excluding hydrogens is 342 g/mol. The molecule has 25 heavy (non-hydrogen) atoms. The van der Waals surface area contributed by atoms with Gasteiger partial charge in [-0.15, -0.1) is 22.6 Å². The van der Waals surface area contributed by atoms with Gasteiger partial charge in [-0.2, -0.15) is 0 Å². The number of benzene rings is 1. The average molecular weight is 362 g/mol. The van der Waals surface area contributed by atoms with Crippen LogP contribution < -0.4 is 5.32 Å². The zero-order chi connectivity index (χ0) is 16.1. The fraction of sp³-hybridized carbons (Fsp3) is 0.471. The van der Waals surface area contributed by atoms with Gasteiger partial charge in [-0.1, -0.05) is 5.16 Å². The summed E-state index contributed by atoms with van der Waals surface area (Å²) in [4.78, 5) is 2.52. The lowest BCUT2D eigenvalue weighted by Crippen LogP contribution is -2.53. The minimum atomic E-state index is 0. The van der Waals surface area contributed by atoms with Gasteiger partial charge in [0, 0.05) is 25.1 Å². The van der Waals surface area contributed by atoms with Crippen molar-refractivity contribution >= 4 is 29.2 Å². The van der Waals surface area contributed by atoms with Crippen LogP contribution in [0.2, 0.25) is 0 Å². The first-order chi connectivity index (χ1) is 11.8. The summed E-state index contributed by atoms with van der Waals surface area (Å²) in [5.74, 6) is 2.62. The van der Waals surface area contributed by atoms with Gasteiger partial charge in [-0.3, -0.25) is 0 Å². The fourth-order valence-electron chi connectivity index (χ4n) is 3.89. The van der Waals surface area contributed by atoms with Crippen molar-refractivity contribution in [1.29, 1.82) is 0 Å². The summed E-state index contributed by atoms with van der Waals surface area (Å²) in [6, 6.07) is 6.33. The van der Waals surface area contributed by atoms with Crippen molar-refractivity contribution in [3.05, 3.63) is 24.1 Å². The van der Waals surface area contributed by atoms with Gasteiger partial charge in [0.1, 0.15) is 0 Å². The number of nitrogens with one attached hydrogen (secondary N) is 1. The van der Waals surface area contributed by atoms with E-state index in [1.165, 1.54) is 25.9 Å². The number of rotatable bonds is 3. The van der Waals surface area contributed by atoms with Crippen LogP contribution in [0.15, 0.2) is 27.1 Å². The standard InChI is InChI=1S/C17H19N5O2.ClH/c1-10-19-20-17(23-10)12-2-3-13-15(8-12)24-21-16(13)18-14-9-22-6-4-11(14)5-7-22;/h2-3,8,11,14H,4-7,9H2,1H3,(H,18,21);1H. The van der Waals surface area contributed by atoms with Crippen LogP contribution in [-0.2, 0) is 0 Å². The number of aryl methyl sites for hydroxylation is 1. The number of halogens is 1. The number of anilines is 1. The van der Waals surface area contributed by atoms with Gasteiger partial charge in [-0.25, -0.2) is 0 Å². The van der Waals surface area contributed by atoms with E-state index in [0.717, 1.165) is 34.8 Å². The lowest BCUT2D eigenvalue weighted by molar-refractivity contribution is 0.0973. The third kappa shape index (κ3) is 2.87. The third-order valence-electron chi connectivity index (χ3n) is 5.22. The van der Waals surface area contributed by atoms with Crippen molar-refractivity contribution in [2.24, 2.45) is 5.92 Å². The Kier molecular flexibility index (Phi) is 4.13. The Morgan fingerprint density at radius 2 is 2.04 bits per heavy atom. The third-order valence-corrected chi connectivity index (χ3v) is 5.22. The fourth-order valence-corrected chi connectivity index (χ4v) is 3.89. The minimum absolute atomic E-state index is 0. The van der Waals surface area contributed by atoms with E-state index in [0.29, 0.717) is 17.8 Å². The van der Waals surface area contributed by atoms with Gasteiger partial charge in [-0.05, 0) is 50.0 Å². The molecule has 5 heterocycles. The Balaban J connectivity index is 0.00000157. The molecular formula is C17H20ClN5O2. The Labute approximate surface area is 151 Å². The molecule has 0 saturated carbocycles. The minimum Gasteiger partial charge on any atom is -0.421 e. The summed E-state index contributed by atoms with van der Waals surface area (Å²) in [5.41, 5.74) is 1.57. The van der Waals surface area contributed by atoms with Crippen molar-refractivity contribution in [2.75, 3.05) is 25.0 Å². The van der Waals surface area contributed by atoms with Gasteiger partial charge in [0.25, 0.3) is 0 Å². The lowest BCUT2D eigenvalue weighted by Gasteiger charge is -2.44. The monoisotopic (exact) mass is 361 g/mol. The van der Waals surface area contributed by atoms with Crippen molar-refractivity contribution in [3.8, 4) is 11.5 Å². The number of piperidine rings is 3. The van der Waals surface area contributed by atoms with E-state index < -0.39 is 0 Å². The normalized spacial score (nSPS) is 25.1. The van der Waals surface area contributed by atoms with Gasteiger partial charge in [0.05, 0.1) is 5.39 Å². The summed E-state index contributed by atoms with van der Waals surface area (Å²) in [6.45, 7) is 5.34. The zero-order valence-corrected chi connectivity index (χ0v) is 14.8. The number of fused-ring (bicyclic) bond motifs is 4. The van der Waals surface area contributed by atoms with Crippen LogP contribution in [-0.4, -0.2) is 45.9 Å². The number of hydrogen-bond donors (Lipinski definition) is 1. The summed E-state index contributed by atoms with van der Waals surface area (Å²) < 4.78 is 11.0. The van der Waals surface area contributed by atoms with E-state index >= 15 is 0 Å². The van der Waals surface area contributed by atoms with Crippen LogP contribution in [0.25, 0.3) is 22.4 Å². The molecule has 3 aliphatic heterocycles. The molecule has 7 nitrogen and oxygen atoms in total. The molecule has 0 amide bonds. The topological polar surface area (TPSA) is 80.2 Å². The van der Waals surface area contributed by atoms with Crippen LogP contribution in [0.5, 0.6) is 0 Å². The van der Waals surface area contributed by atoms with Gasteiger partial charge < -0.3 is 19.2 Å². The van der Waals surface area contributed by atoms with E-state index in [4.69, 9.17) is 8.94 Å². The summed E-state index contributed by atoms with van der Waals surface area (Å²) in [6.07, 6.45) is 2.54. The molecule has 3 saturated heterocycles. The number of aromatic nitrogens is 3. The van der Waals surface area contributed by atoms with Crippen LogP contribution in [0.1, 0.15) is 18.7 Å². The van der Waals surface area contributed by atoms with Crippen LogP contribution >= 0.6 is 12.4 Å². The van der Waals surface area contributed by atoms with Gasteiger partial charge in [0.15, 0.2) is 11.4 Å². The first kappa shape index (κ1) is 16.4. The molecule has 6 rings (SSSR count). The van der Waals surface area contributed by atoms with Gasteiger partial charge >= 0.3 is 0 Å². The van der Waals surface area contributed by atoms with Crippen LogP contribution in [0.4, 0.5) is 5.82 Å². The first-order valence-electron chi connectivity index (χ1n) is 8.45. The molecule has 8 heteroatoms.